The van der Waals surface area contributed by atoms with Crippen LogP contribution in [0.2, 0.25) is 0 Å². The lowest BCUT2D eigenvalue weighted by Crippen LogP contribution is -2.12. The van der Waals surface area contributed by atoms with Crippen molar-refractivity contribution in [1.82, 2.24) is 0 Å². The van der Waals surface area contributed by atoms with Crippen LogP contribution in [-0.2, 0) is 0 Å². The second-order valence-electron chi connectivity index (χ2n) is 6.74. The molecule has 1 aliphatic rings. The fourth-order valence-electron chi connectivity index (χ4n) is 3.52. The Balaban J connectivity index is 1.80. The number of allylic oxidation sites excluding steroid dienone is 4. The minimum atomic E-state index is -0.583. The van der Waals surface area contributed by atoms with Crippen molar-refractivity contribution in [2.45, 2.75) is 32.1 Å². The molecule has 0 N–H and O–H groups in total. The number of hydrogen-bond donors (Lipinski definition) is 0. The van der Waals surface area contributed by atoms with Gasteiger partial charge in [0.2, 0.25) is 0 Å². The van der Waals surface area contributed by atoms with Gasteiger partial charge in [0.15, 0.2) is 0 Å². The molecule has 0 bridgehead atoms. The monoisotopic (exact) mass is 346 g/mol. The second-order valence-corrected chi connectivity index (χ2v) is 9.02. The van der Waals surface area contributed by atoms with Gasteiger partial charge in [-0.1, -0.05) is 111 Å². The molecular formula is C24H27P. The number of benzene rings is 2. The van der Waals surface area contributed by atoms with Crippen molar-refractivity contribution in [3.8, 4) is 0 Å². The van der Waals surface area contributed by atoms with E-state index in [1.807, 2.05) is 0 Å². The molecule has 1 saturated carbocycles. The van der Waals surface area contributed by atoms with Gasteiger partial charge in [-0.3, -0.25) is 0 Å². The molecule has 2 aromatic rings. The Bertz CT molecular complexity index is 682. The summed E-state index contributed by atoms with van der Waals surface area (Å²) in [7, 11) is -0.583. The zero-order chi connectivity index (χ0) is 17.5. The van der Waals surface area contributed by atoms with E-state index in [1.54, 1.807) is 0 Å². The Labute approximate surface area is 153 Å². The topological polar surface area (TPSA) is 0 Å². The van der Waals surface area contributed by atoms with Crippen LogP contribution >= 0.6 is 7.92 Å². The SMILES string of the molecule is C=C(/C=C\C(=C)P(c1ccccc1)c1ccccc1)C1CCCCC1. The van der Waals surface area contributed by atoms with E-state index in [-0.39, 0.29) is 0 Å². The molecule has 1 heteroatoms. The molecular weight excluding hydrogens is 319 g/mol. The maximum absolute atomic E-state index is 4.43. The molecule has 0 radical (unpaired) electrons. The summed E-state index contributed by atoms with van der Waals surface area (Å²) >= 11 is 0. The first kappa shape index (κ1) is 17.9. The van der Waals surface area contributed by atoms with E-state index < -0.39 is 7.92 Å². The summed E-state index contributed by atoms with van der Waals surface area (Å²) in [6.07, 6.45) is 11.1. The standard InChI is InChI=1S/C24H27P/c1-20(22-12-6-3-7-13-22)18-19-21(2)25(23-14-8-4-9-15-23)24-16-10-5-11-17-24/h4-5,8-11,14-19,22H,1-3,6-7,12-13H2/b19-18-. The summed E-state index contributed by atoms with van der Waals surface area (Å²) in [5.74, 6) is 0.664. The smallest absolute Gasteiger partial charge is 0.0140 e. The molecule has 0 heterocycles. The van der Waals surface area contributed by atoms with Crippen molar-refractivity contribution in [3.63, 3.8) is 0 Å². The maximum atomic E-state index is 4.43. The molecule has 0 spiro atoms. The number of rotatable bonds is 6. The van der Waals surface area contributed by atoms with Crippen LogP contribution < -0.4 is 10.6 Å². The average molecular weight is 346 g/mol. The van der Waals surface area contributed by atoms with Crippen LogP contribution in [0.1, 0.15) is 32.1 Å². The molecule has 3 rings (SSSR count). The van der Waals surface area contributed by atoms with Crippen LogP contribution in [0, 0.1) is 5.92 Å². The Morgan fingerprint density at radius 1 is 0.760 bits per heavy atom. The summed E-state index contributed by atoms with van der Waals surface area (Å²) in [6.45, 7) is 8.76. The molecule has 0 unspecified atom stereocenters. The Hall–Kier alpha value is -1.91. The van der Waals surface area contributed by atoms with Gasteiger partial charge in [-0.05, 0) is 42.6 Å². The first-order chi connectivity index (χ1) is 12.3. The average Bonchev–Trinajstić information content (AvgIpc) is 2.69. The third-order valence-electron chi connectivity index (χ3n) is 4.94. The Morgan fingerprint density at radius 2 is 1.28 bits per heavy atom. The van der Waals surface area contributed by atoms with Crippen molar-refractivity contribution in [2.24, 2.45) is 5.92 Å². The van der Waals surface area contributed by atoms with Crippen molar-refractivity contribution >= 4 is 18.5 Å². The van der Waals surface area contributed by atoms with Crippen LogP contribution in [0.15, 0.2) is 96.9 Å². The van der Waals surface area contributed by atoms with E-state index in [0.29, 0.717) is 5.92 Å². The largest absolute Gasteiger partial charge is 0.0955 e. The predicted octanol–water partition coefficient (Wildman–Crippen LogP) is 6.33. The van der Waals surface area contributed by atoms with Gasteiger partial charge in [0, 0.05) is 0 Å². The van der Waals surface area contributed by atoms with E-state index in [0.717, 1.165) is 0 Å². The van der Waals surface area contributed by atoms with E-state index in [2.05, 4.69) is 86.0 Å². The molecule has 1 aliphatic carbocycles. The van der Waals surface area contributed by atoms with Crippen LogP contribution in [0.3, 0.4) is 0 Å². The molecule has 25 heavy (non-hydrogen) atoms. The highest BCUT2D eigenvalue weighted by Gasteiger charge is 2.17. The van der Waals surface area contributed by atoms with Gasteiger partial charge in [-0.2, -0.15) is 0 Å². The van der Waals surface area contributed by atoms with Crippen LogP contribution in [0.5, 0.6) is 0 Å². The Kier molecular flexibility index (Phi) is 6.42. The zero-order valence-corrected chi connectivity index (χ0v) is 15.8. The summed E-state index contributed by atoms with van der Waals surface area (Å²) < 4.78 is 0. The van der Waals surface area contributed by atoms with Crippen molar-refractivity contribution in [2.75, 3.05) is 0 Å². The van der Waals surface area contributed by atoms with Crippen LogP contribution in [-0.4, -0.2) is 0 Å². The molecule has 0 amide bonds. The third-order valence-corrected chi connectivity index (χ3v) is 7.29. The molecule has 128 valence electrons. The van der Waals surface area contributed by atoms with E-state index >= 15 is 0 Å². The number of hydrogen-bond acceptors (Lipinski definition) is 0. The molecule has 0 aromatic heterocycles. The van der Waals surface area contributed by atoms with E-state index in [9.17, 15) is 0 Å². The lowest BCUT2D eigenvalue weighted by atomic mass is 9.84. The quantitative estimate of drug-likeness (QED) is 0.424. The molecule has 1 fully saturated rings. The van der Waals surface area contributed by atoms with Gasteiger partial charge in [0.25, 0.3) is 0 Å². The van der Waals surface area contributed by atoms with Crippen LogP contribution in [0.25, 0.3) is 0 Å². The normalized spacial score (nSPS) is 15.6. The van der Waals surface area contributed by atoms with Gasteiger partial charge >= 0.3 is 0 Å². The summed E-state index contributed by atoms with van der Waals surface area (Å²) in [6, 6.07) is 21.5. The lowest BCUT2D eigenvalue weighted by molar-refractivity contribution is 0.409. The van der Waals surface area contributed by atoms with Gasteiger partial charge in [-0.25, -0.2) is 0 Å². The molecule has 0 nitrogen and oxygen atoms in total. The Morgan fingerprint density at radius 3 is 1.80 bits per heavy atom. The summed E-state index contributed by atoms with van der Waals surface area (Å²) in [5, 5.41) is 3.88. The molecule has 0 saturated heterocycles. The highest BCUT2D eigenvalue weighted by Crippen LogP contribution is 2.42. The van der Waals surface area contributed by atoms with E-state index in [4.69, 9.17) is 0 Å². The van der Waals surface area contributed by atoms with Gasteiger partial charge in [0.1, 0.15) is 0 Å². The fraction of sp³-hybridized carbons (Fsp3) is 0.250. The van der Waals surface area contributed by atoms with Gasteiger partial charge < -0.3 is 0 Å². The molecule has 0 atom stereocenters. The highest BCUT2D eigenvalue weighted by molar-refractivity contribution is 7.77. The van der Waals surface area contributed by atoms with Gasteiger partial charge in [-0.15, -0.1) is 0 Å². The van der Waals surface area contributed by atoms with Gasteiger partial charge in [0.05, 0.1) is 0 Å². The lowest BCUT2D eigenvalue weighted by Gasteiger charge is -2.23. The maximum Gasteiger partial charge on any atom is -0.0140 e. The van der Waals surface area contributed by atoms with Crippen molar-refractivity contribution < 1.29 is 0 Å². The first-order valence-electron chi connectivity index (χ1n) is 9.22. The summed E-state index contributed by atoms with van der Waals surface area (Å²) in [5.41, 5.74) is 1.27. The minimum absolute atomic E-state index is 0.583. The molecule has 2 aromatic carbocycles. The fourth-order valence-corrected chi connectivity index (χ4v) is 5.65. The predicted molar refractivity (Wildman–Crippen MR) is 113 cm³/mol. The summed E-state index contributed by atoms with van der Waals surface area (Å²) in [4.78, 5) is 0. The van der Waals surface area contributed by atoms with E-state index in [1.165, 1.54) is 53.6 Å². The molecule has 0 aliphatic heterocycles. The zero-order valence-electron chi connectivity index (χ0n) is 14.9. The second kappa shape index (κ2) is 8.97. The third kappa shape index (κ3) is 4.80. The highest BCUT2D eigenvalue weighted by atomic mass is 31.1. The first-order valence-corrected chi connectivity index (χ1v) is 10.6. The minimum Gasteiger partial charge on any atom is -0.0955 e. The van der Waals surface area contributed by atoms with Crippen molar-refractivity contribution in [1.29, 1.82) is 0 Å². The van der Waals surface area contributed by atoms with Crippen LogP contribution in [0.4, 0.5) is 0 Å². The van der Waals surface area contributed by atoms with Crippen molar-refractivity contribution in [3.05, 3.63) is 96.9 Å².